The number of aryl methyl sites for hydroxylation is 1. The molecule has 8 heteroatoms. The van der Waals surface area contributed by atoms with Gasteiger partial charge in [0.25, 0.3) is 0 Å². The van der Waals surface area contributed by atoms with Crippen LogP contribution in [0.1, 0.15) is 35.6 Å². The van der Waals surface area contributed by atoms with Crippen LogP contribution in [0.2, 0.25) is 0 Å². The minimum Gasteiger partial charge on any atom is -0.370 e. The van der Waals surface area contributed by atoms with E-state index in [1.165, 1.54) is 6.07 Å². The molecule has 3 rings (SSSR count). The number of carbonyl (C=O) groups is 1. The molecule has 1 fully saturated rings. The minimum absolute atomic E-state index is 0.0803. The third kappa shape index (κ3) is 4.07. The van der Waals surface area contributed by atoms with Gasteiger partial charge in [-0.15, -0.1) is 0 Å². The van der Waals surface area contributed by atoms with Gasteiger partial charge in [0, 0.05) is 6.07 Å². The topological polar surface area (TPSA) is 55.6 Å². The lowest BCUT2D eigenvalue weighted by atomic mass is 10.0. The summed E-state index contributed by atoms with van der Waals surface area (Å²) in [6.45, 7) is 4.03. The molecule has 2 aromatic rings. The van der Waals surface area contributed by atoms with Gasteiger partial charge in [-0.05, 0) is 31.5 Å². The molecule has 1 amide bonds. The normalized spacial score (nSPS) is 21.0. The van der Waals surface area contributed by atoms with Crippen molar-refractivity contribution in [2.75, 3.05) is 13.2 Å². The van der Waals surface area contributed by atoms with Crippen molar-refractivity contribution < 1.29 is 27.2 Å². The van der Waals surface area contributed by atoms with Gasteiger partial charge in [-0.25, -0.2) is 0 Å². The maximum atomic E-state index is 12.9. The van der Waals surface area contributed by atoms with E-state index in [1.807, 2.05) is 6.92 Å². The Bertz CT molecular complexity index is 788. The van der Waals surface area contributed by atoms with Crippen LogP contribution in [0.25, 0.3) is 0 Å². The Kier molecular flexibility index (Phi) is 5.04. The molecule has 2 unspecified atom stereocenters. The van der Waals surface area contributed by atoms with Crippen molar-refractivity contribution in [3.05, 3.63) is 52.9 Å². The molecule has 26 heavy (non-hydrogen) atoms. The lowest BCUT2D eigenvalue weighted by molar-refractivity contribution is -0.144. The number of hydrogen-bond acceptors (Lipinski definition) is 4. The number of halogens is 3. The van der Waals surface area contributed by atoms with E-state index in [1.54, 1.807) is 24.0 Å². The monoisotopic (exact) mass is 368 g/mol. The van der Waals surface area contributed by atoms with E-state index in [0.29, 0.717) is 17.0 Å². The molecule has 2 heterocycles. The molecule has 0 bridgehead atoms. The second kappa shape index (κ2) is 7.11. The van der Waals surface area contributed by atoms with Crippen LogP contribution in [-0.2, 0) is 22.1 Å². The Labute approximate surface area is 148 Å². The van der Waals surface area contributed by atoms with E-state index in [4.69, 9.17) is 9.26 Å². The van der Waals surface area contributed by atoms with Crippen molar-refractivity contribution in [2.24, 2.45) is 0 Å². The van der Waals surface area contributed by atoms with Crippen molar-refractivity contribution in [3.8, 4) is 0 Å². The molecule has 1 aliphatic rings. The summed E-state index contributed by atoms with van der Waals surface area (Å²) in [5.41, 5.74) is 0.205. The number of carbonyl (C=O) groups excluding carboxylic acids is 1. The SMILES string of the molecule is Cc1cc(CC(=O)N2CC(c3cccc(C(F)(F)F)c3)OCC2C)no1. The van der Waals surface area contributed by atoms with Gasteiger partial charge in [-0.1, -0.05) is 17.3 Å². The Morgan fingerprint density at radius 2 is 2.12 bits per heavy atom. The predicted molar refractivity (Wildman–Crippen MR) is 86.3 cm³/mol. The van der Waals surface area contributed by atoms with Crippen LogP contribution in [0.5, 0.6) is 0 Å². The van der Waals surface area contributed by atoms with Gasteiger partial charge in [0.15, 0.2) is 0 Å². The number of nitrogens with zero attached hydrogens (tertiary/aromatic N) is 2. The third-order valence-corrected chi connectivity index (χ3v) is 4.35. The molecule has 1 aromatic heterocycles. The zero-order chi connectivity index (χ0) is 18.9. The molecule has 1 aromatic carbocycles. The van der Waals surface area contributed by atoms with Crippen LogP contribution >= 0.6 is 0 Å². The van der Waals surface area contributed by atoms with E-state index in [9.17, 15) is 18.0 Å². The second-order valence-electron chi connectivity index (χ2n) is 6.45. The number of ether oxygens (including phenoxy) is 1. The van der Waals surface area contributed by atoms with E-state index >= 15 is 0 Å². The molecule has 0 radical (unpaired) electrons. The summed E-state index contributed by atoms with van der Waals surface area (Å²) in [5.74, 6) is 0.454. The van der Waals surface area contributed by atoms with E-state index in [2.05, 4.69) is 5.16 Å². The fourth-order valence-electron chi connectivity index (χ4n) is 2.98. The quantitative estimate of drug-likeness (QED) is 0.832. The molecule has 0 spiro atoms. The number of benzene rings is 1. The van der Waals surface area contributed by atoms with Crippen LogP contribution in [0.15, 0.2) is 34.9 Å². The summed E-state index contributed by atoms with van der Waals surface area (Å²) < 4.78 is 49.4. The Hall–Kier alpha value is -2.35. The number of alkyl halides is 3. The van der Waals surface area contributed by atoms with E-state index in [-0.39, 0.29) is 31.5 Å². The van der Waals surface area contributed by atoms with Crippen molar-refractivity contribution >= 4 is 5.91 Å². The number of amides is 1. The lowest BCUT2D eigenvalue weighted by Gasteiger charge is -2.38. The predicted octanol–water partition coefficient (Wildman–Crippen LogP) is 3.53. The smallest absolute Gasteiger partial charge is 0.370 e. The van der Waals surface area contributed by atoms with Crippen LogP contribution < -0.4 is 0 Å². The van der Waals surface area contributed by atoms with Crippen LogP contribution in [-0.4, -0.2) is 35.2 Å². The molecule has 140 valence electrons. The molecule has 1 aliphatic heterocycles. The van der Waals surface area contributed by atoms with Crippen LogP contribution in [0, 0.1) is 6.92 Å². The second-order valence-corrected chi connectivity index (χ2v) is 6.45. The summed E-state index contributed by atoms with van der Waals surface area (Å²) in [4.78, 5) is 14.2. The van der Waals surface area contributed by atoms with Crippen molar-refractivity contribution in [1.29, 1.82) is 0 Å². The van der Waals surface area contributed by atoms with Crippen LogP contribution in [0.4, 0.5) is 13.2 Å². The summed E-state index contributed by atoms with van der Waals surface area (Å²) in [6, 6.07) is 6.55. The maximum Gasteiger partial charge on any atom is 0.416 e. The van der Waals surface area contributed by atoms with Crippen molar-refractivity contribution in [1.82, 2.24) is 10.1 Å². The van der Waals surface area contributed by atoms with Gasteiger partial charge in [0.1, 0.15) is 11.9 Å². The van der Waals surface area contributed by atoms with Crippen molar-refractivity contribution in [2.45, 2.75) is 38.6 Å². The molecular weight excluding hydrogens is 349 g/mol. The van der Waals surface area contributed by atoms with Gasteiger partial charge >= 0.3 is 6.18 Å². The molecule has 2 atom stereocenters. The van der Waals surface area contributed by atoms with Gasteiger partial charge in [-0.2, -0.15) is 13.2 Å². The molecule has 0 aliphatic carbocycles. The first kappa shape index (κ1) is 18.4. The highest BCUT2D eigenvalue weighted by Gasteiger charge is 2.34. The summed E-state index contributed by atoms with van der Waals surface area (Å²) in [6.07, 6.45) is -4.94. The van der Waals surface area contributed by atoms with E-state index in [0.717, 1.165) is 12.1 Å². The molecule has 0 saturated carbocycles. The third-order valence-electron chi connectivity index (χ3n) is 4.35. The number of aromatic nitrogens is 1. The Morgan fingerprint density at radius 3 is 2.77 bits per heavy atom. The van der Waals surface area contributed by atoms with Crippen LogP contribution in [0.3, 0.4) is 0 Å². The highest BCUT2D eigenvalue weighted by molar-refractivity contribution is 5.78. The maximum absolute atomic E-state index is 12.9. The molecule has 5 nitrogen and oxygen atoms in total. The summed E-state index contributed by atoms with van der Waals surface area (Å²) in [5, 5.41) is 3.81. The largest absolute Gasteiger partial charge is 0.416 e. The number of morpholine rings is 1. The first-order valence-corrected chi connectivity index (χ1v) is 8.24. The first-order chi connectivity index (χ1) is 12.2. The van der Waals surface area contributed by atoms with Gasteiger partial charge in [0.2, 0.25) is 5.91 Å². The average Bonchev–Trinajstić information content (AvgIpc) is 2.99. The standard InChI is InChI=1S/C18H19F3N2O3/c1-11-10-25-16(13-4-3-5-14(7-13)18(19,20)21)9-23(11)17(24)8-15-6-12(2)26-22-15/h3-7,11,16H,8-10H2,1-2H3. The Morgan fingerprint density at radius 1 is 1.35 bits per heavy atom. The van der Waals surface area contributed by atoms with Gasteiger partial charge in [0.05, 0.1) is 36.9 Å². The highest BCUT2D eigenvalue weighted by atomic mass is 19.4. The summed E-state index contributed by atoms with van der Waals surface area (Å²) in [7, 11) is 0. The molecular formula is C18H19F3N2O3. The zero-order valence-electron chi connectivity index (χ0n) is 14.4. The fourth-order valence-corrected chi connectivity index (χ4v) is 2.98. The minimum atomic E-state index is -4.42. The summed E-state index contributed by atoms with van der Waals surface area (Å²) >= 11 is 0. The zero-order valence-corrected chi connectivity index (χ0v) is 14.4. The molecule has 1 saturated heterocycles. The number of rotatable bonds is 3. The first-order valence-electron chi connectivity index (χ1n) is 8.24. The number of hydrogen-bond donors (Lipinski definition) is 0. The fraction of sp³-hybridized carbons (Fsp3) is 0.444. The highest BCUT2D eigenvalue weighted by Crippen LogP contribution is 2.33. The lowest BCUT2D eigenvalue weighted by Crippen LogP contribution is -2.48. The average molecular weight is 368 g/mol. The Balaban J connectivity index is 1.74. The van der Waals surface area contributed by atoms with Gasteiger partial charge in [-0.3, -0.25) is 4.79 Å². The van der Waals surface area contributed by atoms with Crippen molar-refractivity contribution in [3.63, 3.8) is 0 Å². The van der Waals surface area contributed by atoms with E-state index < -0.39 is 17.8 Å². The molecule has 0 N–H and O–H groups in total. The van der Waals surface area contributed by atoms with Gasteiger partial charge < -0.3 is 14.2 Å².